The Morgan fingerprint density at radius 2 is 2.29 bits per heavy atom. The molecule has 1 heterocycles. The molecule has 1 aromatic heterocycles. The fraction of sp³-hybridized carbons (Fsp3) is 0.545. The van der Waals surface area contributed by atoms with Gasteiger partial charge < -0.3 is 4.90 Å². The molecule has 0 bridgehead atoms. The Morgan fingerprint density at radius 3 is 2.93 bits per heavy atom. The summed E-state index contributed by atoms with van der Waals surface area (Å²) >= 11 is 5.76. The van der Waals surface area contributed by atoms with E-state index in [4.69, 9.17) is 11.6 Å². The fourth-order valence-corrected chi connectivity index (χ4v) is 1.43. The normalized spacial score (nSPS) is 10.2. The Kier molecular flexibility index (Phi) is 4.74. The van der Waals surface area contributed by atoms with Gasteiger partial charge in [-0.25, -0.2) is 4.98 Å². The van der Waals surface area contributed by atoms with Crippen LogP contribution in [0.3, 0.4) is 0 Å². The SMILES string of the molecule is CCCCN(C)c1cc(CCl)ccn1. The topological polar surface area (TPSA) is 16.1 Å². The predicted octanol–water partition coefficient (Wildman–Crippen LogP) is 3.06. The summed E-state index contributed by atoms with van der Waals surface area (Å²) < 4.78 is 0. The number of pyridine rings is 1. The highest BCUT2D eigenvalue weighted by Crippen LogP contribution is 2.13. The van der Waals surface area contributed by atoms with E-state index in [0.29, 0.717) is 5.88 Å². The van der Waals surface area contributed by atoms with Crippen molar-refractivity contribution in [1.82, 2.24) is 4.98 Å². The molecule has 0 amide bonds. The summed E-state index contributed by atoms with van der Waals surface area (Å²) in [6, 6.07) is 3.99. The first kappa shape index (κ1) is 11.3. The van der Waals surface area contributed by atoms with Crippen LogP contribution in [0.25, 0.3) is 0 Å². The monoisotopic (exact) mass is 212 g/mol. The van der Waals surface area contributed by atoms with Gasteiger partial charge >= 0.3 is 0 Å². The first-order valence-electron chi connectivity index (χ1n) is 5.00. The van der Waals surface area contributed by atoms with Gasteiger partial charge in [0.25, 0.3) is 0 Å². The van der Waals surface area contributed by atoms with E-state index in [9.17, 15) is 0 Å². The van der Waals surface area contributed by atoms with Gasteiger partial charge in [0.1, 0.15) is 5.82 Å². The summed E-state index contributed by atoms with van der Waals surface area (Å²) in [4.78, 5) is 6.47. The number of anilines is 1. The summed E-state index contributed by atoms with van der Waals surface area (Å²) in [5.74, 6) is 1.56. The highest BCUT2D eigenvalue weighted by atomic mass is 35.5. The van der Waals surface area contributed by atoms with E-state index in [-0.39, 0.29) is 0 Å². The molecule has 0 aromatic carbocycles. The van der Waals surface area contributed by atoms with Crippen LogP contribution in [0.1, 0.15) is 25.3 Å². The van der Waals surface area contributed by atoms with Crippen molar-refractivity contribution in [1.29, 1.82) is 0 Å². The van der Waals surface area contributed by atoms with Crippen molar-refractivity contribution < 1.29 is 0 Å². The molecule has 2 nitrogen and oxygen atoms in total. The second-order valence-electron chi connectivity index (χ2n) is 3.43. The summed E-state index contributed by atoms with van der Waals surface area (Å²) in [6.45, 7) is 3.24. The maximum absolute atomic E-state index is 5.76. The van der Waals surface area contributed by atoms with E-state index in [1.54, 1.807) is 0 Å². The largest absolute Gasteiger partial charge is 0.360 e. The van der Waals surface area contributed by atoms with Crippen LogP contribution in [-0.4, -0.2) is 18.6 Å². The molecule has 0 aliphatic heterocycles. The van der Waals surface area contributed by atoms with Crippen molar-refractivity contribution in [3.8, 4) is 0 Å². The molecule has 0 unspecified atom stereocenters. The average Bonchev–Trinajstić information content (AvgIpc) is 2.26. The van der Waals surface area contributed by atoms with Crippen molar-refractivity contribution in [2.24, 2.45) is 0 Å². The van der Waals surface area contributed by atoms with E-state index in [2.05, 4.69) is 23.9 Å². The Bertz CT molecular complexity index is 276. The van der Waals surface area contributed by atoms with Gasteiger partial charge in [0, 0.05) is 25.7 Å². The van der Waals surface area contributed by atoms with Crippen LogP contribution >= 0.6 is 11.6 Å². The molecule has 0 saturated carbocycles. The second kappa shape index (κ2) is 5.86. The minimum absolute atomic E-state index is 0.553. The number of nitrogens with zero attached hydrogens (tertiary/aromatic N) is 2. The molecule has 14 heavy (non-hydrogen) atoms. The second-order valence-corrected chi connectivity index (χ2v) is 3.70. The molecule has 3 heteroatoms. The number of hydrogen-bond acceptors (Lipinski definition) is 2. The molecule has 1 aromatic rings. The minimum Gasteiger partial charge on any atom is -0.360 e. The van der Waals surface area contributed by atoms with Gasteiger partial charge in [0.05, 0.1) is 0 Å². The number of unbranched alkanes of at least 4 members (excludes halogenated alkanes) is 1. The molecule has 0 radical (unpaired) electrons. The van der Waals surface area contributed by atoms with Gasteiger partial charge in [-0.2, -0.15) is 0 Å². The smallest absolute Gasteiger partial charge is 0.128 e. The van der Waals surface area contributed by atoms with E-state index in [1.165, 1.54) is 12.8 Å². The van der Waals surface area contributed by atoms with E-state index in [0.717, 1.165) is 17.9 Å². The third kappa shape index (κ3) is 3.18. The van der Waals surface area contributed by atoms with Crippen LogP contribution < -0.4 is 4.90 Å². The first-order valence-corrected chi connectivity index (χ1v) is 5.53. The van der Waals surface area contributed by atoms with Gasteiger partial charge in [-0.05, 0) is 24.1 Å². The van der Waals surface area contributed by atoms with Crippen molar-refractivity contribution in [2.75, 3.05) is 18.5 Å². The molecule has 78 valence electrons. The number of hydrogen-bond donors (Lipinski definition) is 0. The van der Waals surface area contributed by atoms with Crippen LogP contribution in [0.4, 0.5) is 5.82 Å². The number of rotatable bonds is 5. The van der Waals surface area contributed by atoms with E-state index in [1.807, 2.05) is 18.3 Å². The quantitative estimate of drug-likeness (QED) is 0.698. The van der Waals surface area contributed by atoms with Gasteiger partial charge in [-0.3, -0.25) is 0 Å². The van der Waals surface area contributed by atoms with Crippen LogP contribution in [0.15, 0.2) is 18.3 Å². The molecule has 0 aliphatic rings. The Hall–Kier alpha value is -0.760. The van der Waals surface area contributed by atoms with Gasteiger partial charge in [0.2, 0.25) is 0 Å². The maximum Gasteiger partial charge on any atom is 0.128 e. The molecule has 0 N–H and O–H groups in total. The third-order valence-electron chi connectivity index (χ3n) is 2.20. The highest BCUT2D eigenvalue weighted by Gasteiger charge is 2.01. The maximum atomic E-state index is 5.76. The molecule has 0 aliphatic carbocycles. The fourth-order valence-electron chi connectivity index (χ4n) is 1.26. The lowest BCUT2D eigenvalue weighted by Gasteiger charge is -2.17. The number of alkyl halides is 1. The van der Waals surface area contributed by atoms with Crippen molar-refractivity contribution in [2.45, 2.75) is 25.6 Å². The zero-order valence-corrected chi connectivity index (χ0v) is 9.59. The summed E-state index contributed by atoms with van der Waals surface area (Å²) in [5.41, 5.74) is 1.13. The number of aromatic nitrogens is 1. The lowest BCUT2D eigenvalue weighted by atomic mass is 10.2. The molecule has 0 spiro atoms. The van der Waals surface area contributed by atoms with Crippen molar-refractivity contribution in [3.05, 3.63) is 23.9 Å². The third-order valence-corrected chi connectivity index (χ3v) is 2.51. The Balaban J connectivity index is 2.64. The minimum atomic E-state index is 0.553. The lowest BCUT2D eigenvalue weighted by Crippen LogP contribution is -2.19. The van der Waals surface area contributed by atoms with E-state index >= 15 is 0 Å². The molecule has 1 rings (SSSR count). The van der Waals surface area contributed by atoms with E-state index < -0.39 is 0 Å². The summed E-state index contributed by atoms with van der Waals surface area (Å²) in [5, 5.41) is 0. The zero-order chi connectivity index (χ0) is 10.4. The van der Waals surface area contributed by atoms with Crippen molar-refractivity contribution >= 4 is 17.4 Å². The lowest BCUT2D eigenvalue weighted by molar-refractivity contribution is 0.759. The highest BCUT2D eigenvalue weighted by molar-refractivity contribution is 6.17. The van der Waals surface area contributed by atoms with Gasteiger partial charge in [-0.15, -0.1) is 11.6 Å². The van der Waals surface area contributed by atoms with Crippen LogP contribution in [0.2, 0.25) is 0 Å². The van der Waals surface area contributed by atoms with Gasteiger partial charge in [-0.1, -0.05) is 13.3 Å². The molecular weight excluding hydrogens is 196 g/mol. The molecular formula is C11H17ClN2. The first-order chi connectivity index (χ1) is 6.77. The van der Waals surface area contributed by atoms with Crippen LogP contribution in [0.5, 0.6) is 0 Å². The molecule has 0 atom stereocenters. The standard InChI is InChI=1S/C11H17ClN2/c1-3-4-7-14(2)11-8-10(9-12)5-6-13-11/h5-6,8H,3-4,7,9H2,1-2H3. The Labute approximate surface area is 90.9 Å². The van der Waals surface area contributed by atoms with Crippen LogP contribution in [-0.2, 0) is 5.88 Å². The summed E-state index contributed by atoms with van der Waals surface area (Å²) in [7, 11) is 2.07. The summed E-state index contributed by atoms with van der Waals surface area (Å²) in [6.07, 6.45) is 4.22. The number of halogens is 1. The Morgan fingerprint density at radius 1 is 1.50 bits per heavy atom. The molecule has 0 fully saturated rings. The molecule has 0 saturated heterocycles. The van der Waals surface area contributed by atoms with Crippen LogP contribution in [0, 0.1) is 0 Å². The van der Waals surface area contributed by atoms with Crippen molar-refractivity contribution in [3.63, 3.8) is 0 Å². The predicted molar refractivity (Wildman–Crippen MR) is 62.0 cm³/mol. The zero-order valence-electron chi connectivity index (χ0n) is 8.83. The average molecular weight is 213 g/mol. The van der Waals surface area contributed by atoms with Gasteiger partial charge in [0.15, 0.2) is 0 Å².